The molecule has 0 spiro atoms. The third-order valence-electron chi connectivity index (χ3n) is 2.24. The van der Waals surface area contributed by atoms with Gasteiger partial charge in [0.1, 0.15) is 10.8 Å². The lowest BCUT2D eigenvalue weighted by atomic mass is 10.2. The largest absolute Gasteiger partial charge is 0.497 e. The van der Waals surface area contributed by atoms with Gasteiger partial charge in [-0.1, -0.05) is 0 Å². The second-order valence-corrected chi connectivity index (χ2v) is 4.37. The summed E-state index contributed by atoms with van der Waals surface area (Å²) in [6.45, 7) is 0. The van der Waals surface area contributed by atoms with Gasteiger partial charge in [-0.2, -0.15) is 0 Å². The lowest BCUT2D eigenvalue weighted by Gasteiger charge is -2.00. The highest BCUT2D eigenvalue weighted by Gasteiger charge is 2.07. The molecule has 0 fully saturated rings. The lowest BCUT2D eigenvalue weighted by Crippen LogP contribution is -1.99. The fourth-order valence-electron chi connectivity index (χ4n) is 1.42. The third-order valence-corrected chi connectivity index (χ3v) is 3.09. The van der Waals surface area contributed by atoms with E-state index in [9.17, 15) is 4.79 Å². The molecular formula is C12H11NO3S. The van der Waals surface area contributed by atoms with Gasteiger partial charge in [0.05, 0.1) is 19.2 Å². The van der Waals surface area contributed by atoms with Crippen molar-refractivity contribution in [3.05, 3.63) is 34.7 Å². The smallest absolute Gasteiger partial charge is 0.310 e. The van der Waals surface area contributed by atoms with E-state index in [1.165, 1.54) is 11.3 Å². The van der Waals surface area contributed by atoms with Crippen molar-refractivity contribution < 1.29 is 14.6 Å². The molecule has 2 rings (SSSR count). The molecular weight excluding hydrogens is 238 g/mol. The summed E-state index contributed by atoms with van der Waals surface area (Å²) in [5.41, 5.74) is 1.76. The van der Waals surface area contributed by atoms with Gasteiger partial charge in [0.25, 0.3) is 0 Å². The number of ether oxygens (including phenoxy) is 1. The quantitative estimate of drug-likeness (QED) is 0.904. The van der Waals surface area contributed by atoms with E-state index in [2.05, 4.69) is 4.98 Å². The van der Waals surface area contributed by atoms with Crippen LogP contribution in [0.4, 0.5) is 0 Å². The van der Waals surface area contributed by atoms with Crippen LogP contribution in [-0.4, -0.2) is 23.2 Å². The molecule has 1 aromatic carbocycles. The predicted octanol–water partition coefficient (Wildman–Crippen LogP) is 2.45. The highest BCUT2D eigenvalue weighted by Crippen LogP contribution is 2.24. The molecule has 1 N–H and O–H groups in total. The molecule has 1 aromatic heterocycles. The minimum atomic E-state index is -0.861. The summed E-state index contributed by atoms with van der Waals surface area (Å²) < 4.78 is 5.07. The van der Waals surface area contributed by atoms with Crippen molar-refractivity contribution in [2.75, 3.05) is 7.11 Å². The molecule has 0 aliphatic heterocycles. The Bertz CT molecular complexity index is 519. The lowest BCUT2D eigenvalue weighted by molar-refractivity contribution is -0.136. The number of aliphatic carboxylic acids is 1. The number of methoxy groups -OCH3 is 1. The van der Waals surface area contributed by atoms with E-state index in [0.717, 1.165) is 17.0 Å². The van der Waals surface area contributed by atoms with E-state index in [1.54, 1.807) is 7.11 Å². The Labute approximate surface area is 103 Å². The second-order valence-electron chi connectivity index (χ2n) is 3.43. The maximum atomic E-state index is 10.5. The fraction of sp³-hybridized carbons (Fsp3) is 0.167. The maximum absolute atomic E-state index is 10.5. The third kappa shape index (κ3) is 2.82. The average molecular weight is 249 g/mol. The molecule has 0 unspecified atom stereocenters. The summed E-state index contributed by atoms with van der Waals surface area (Å²) in [5, 5.41) is 11.1. The molecule has 0 aliphatic carbocycles. The van der Waals surface area contributed by atoms with Crippen LogP contribution in [0.15, 0.2) is 29.6 Å². The van der Waals surface area contributed by atoms with E-state index < -0.39 is 5.97 Å². The van der Waals surface area contributed by atoms with Crippen molar-refractivity contribution in [3.63, 3.8) is 0 Å². The summed E-state index contributed by atoms with van der Waals surface area (Å²) in [5.74, 6) is -0.0737. The SMILES string of the molecule is COc1ccc(-c2csc(CC(=O)O)n2)cc1. The molecule has 17 heavy (non-hydrogen) atoms. The molecule has 4 nitrogen and oxygen atoms in total. The van der Waals surface area contributed by atoms with Crippen molar-refractivity contribution in [1.29, 1.82) is 0 Å². The van der Waals surface area contributed by atoms with Crippen molar-refractivity contribution >= 4 is 17.3 Å². The van der Waals surface area contributed by atoms with Crippen LogP contribution in [-0.2, 0) is 11.2 Å². The zero-order valence-corrected chi connectivity index (χ0v) is 10.0. The Morgan fingerprint density at radius 1 is 1.41 bits per heavy atom. The van der Waals surface area contributed by atoms with Crippen LogP contribution in [0.1, 0.15) is 5.01 Å². The first kappa shape index (κ1) is 11.6. The minimum Gasteiger partial charge on any atom is -0.497 e. The molecule has 0 atom stereocenters. The zero-order valence-electron chi connectivity index (χ0n) is 9.21. The average Bonchev–Trinajstić information content (AvgIpc) is 2.77. The van der Waals surface area contributed by atoms with Crippen molar-refractivity contribution in [2.24, 2.45) is 0 Å². The first-order chi connectivity index (χ1) is 8.19. The second kappa shape index (κ2) is 4.97. The van der Waals surface area contributed by atoms with Crippen LogP contribution in [0.3, 0.4) is 0 Å². The number of aromatic nitrogens is 1. The van der Waals surface area contributed by atoms with Gasteiger partial charge in [-0.25, -0.2) is 4.98 Å². The van der Waals surface area contributed by atoms with Crippen LogP contribution in [0.25, 0.3) is 11.3 Å². The highest BCUT2D eigenvalue weighted by molar-refractivity contribution is 7.10. The van der Waals surface area contributed by atoms with Gasteiger partial charge in [0, 0.05) is 10.9 Å². The molecule has 0 saturated carbocycles. The van der Waals surface area contributed by atoms with Gasteiger partial charge in [-0.3, -0.25) is 4.79 Å². The van der Waals surface area contributed by atoms with Gasteiger partial charge in [-0.05, 0) is 24.3 Å². The number of hydrogen-bond acceptors (Lipinski definition) is 4. The van der Waals surface area contributed by atoms with Crippen LogP contribution in [0, 0.1) is 0 Å². The van der Waals surface area contributed by atoms with Crippen molar-refractivity contribution in [2.45, 2.75) is 6.42 Å². The first-order valence-corrected chi connectivity index (χ1v) is 5.87. The van der Waals surface area contributed by atoms with Crippen LogP contribution < -0.4 is 4.74 Å². The number of thiazole rings is 1. The van der Waals surface area contributed by atoms with Crippen LogP contribution in [0.2, 0.25) is 0 Å². The monoisotopic (exact) mass is 249 g/mol. The highest BCUT2D eigenvalue weighted by atomic mass is 32.1. The Hall–Kier alpha value is -1.88. The Morgan fingerprint density at radius 2 is 2.12 bits per heavy atom. The fourth-order valence-corrected chi connectivity index (χ4v) is 2.21. The number of carboxylic acid groups (broad SMARTS) is 1. The summed E-state index contributed by atoms with van der Waals surface area (Å²) in [6.07, 6.45) is -0.0270. The van der Waals surface area contributed by atoms with Crippen LogP contribution in [0.5, 0.6) is 5.75 Å². The molecule has 0 radical (unpaired) electrons. The molecule has 88 valence electrons. The van der Waals surface area contributed by atoms with E-state index in [0.29, 0.717) is 5.01 Å². The summed E-state index contributed by atoms with van der Waals surface area (Å²) in [6, 6.07) is 7.51. The Morgan fingerprint density at radius 3 is 2.71 bits per heavy atom. The predicted molar refractivity (Wildman–Crippen MR) is 65.4 cm³/mol. The summed E-state index contributed by atoms with van der Waals surface area (Å²) in [7, 11) is 1.61. The summed E-state index contributed by atoms with van der Waals surface area (Å²) in [4.78, 5) is 14.8. The van der Waals surface area contributed by atoms with E-state index in [4.69, 9.17) is 9.84 Å². The number of rotatable bonds is 4. The molecule has 1 heterocycles. The van der Waals surface area contributed by atoms with E-state index in [1.807, 2.05) is 29.6 Å². The maximum Gasteiger partial charge on any atom is 0.310 e. The van der Waals surface area contributed by atoms with Gasteiger partial charge in [0.2, 0.25) is 0 Å². The normalized spacial score (nSPS) is 10.2. The number of nitrogens with zero attached hydrogens (tertiary/aromatic N) is 1. The standard InChI is InChI=1S/C12H11NO3S/c1-16-9-4-2-8(3-5-9)10-7-17-11(13-10)6-12(14)15/h2-5,7H,6H2,1H3,(H,14,15). The molecule has 5 heteroatoms. The number of hydrogen-bond donors (Lipinski definition) is 1. The van der Waals surface area contributed by atoms with Crippen LogP contribution >= 0.6 is 11.3 Å². The zero-order chi connectivity index (χ0) is 12.3. The van der Waals surface area contributed by atoms with Gasteiger partial charge in [0.15, 0.2) is 0 Å². The van der Waals surface area contributed by atoms with Crippen molar-refractivity contribution in [1.82, 2.24) is 4.98 Å². The first-order valence-electron chi connectivity index (χ1n) is 4.99. The Kier molecular flexibility index (Phi) is 3.39. The topological polar surface area (TPSA) is 59.4 Å². The van der Waals surface area contributed by atoms with E-state index in [-0.39, 0.29) is 6.42 Å². The molecule has 2 aromatic rings. The number of benzene rings is 1. The number of carboxylic acids is 1. The molecule has 0 bridgehead atoms. The minimum absolute atomic E-state index is 0.0270. The number of carbonyl (C=O) groups is 1. The van der Waals surface area contributed by atoms with Crippen molar-refractivity contribution in [3.8, 4) is 17.0 Å². The molecule has 0 saturated heterocycles. The molecule has 0 amide bonds. The van der Waals surface area contributed by atoms with E-state index >= 15 is 0 Å². The van der Waals surface area contributed by atoms with Gasteiger partial charge < -0.3 is 9.84 Å². The summed E-state index contributed by atoms with van der Waals surface area (Å²) >= 11 is 1.36. The van der Waals surface area contributed by atoms with Gasteiger partial charge >= 0.3 is 5.97 Å². The molecule has 0 aliphatic rings. The van der Waals surface area contributed by atoms with Gasteiger partial charge in [-0.15, -0.1) is 11.3 Å². The Balaban J connectivity index is 2.21.